The van der Waals surface area contributed by atoms with E-state index in [1.165, 1.54) is 6.42 Å². The second-order valence-corrected chi connectivity index (χ2v) is 4.66. The summed E-state index contributed by atoms with van der Waals surface area (Å²) in [4.78, 5) is 11.8. The number of hydrogen-bond acceptors (Lipinski definition) is 3. The fraction of sp³-hybridized carbons (Fsp3) is 0.583. The van der Waals surface area contributed by atoms with E-state index in [4.69, 9.17) is 4.42 Å². The third-order valence-corrected chi connectivity index (χ3v) is 3.20. The van der Waals surface area contributed by atoms with E-state index in [1.807, 2.05) is 0 Å². The summed E-state index contributed by atoms with van der Waals surface area (Å²) in [7, 11) is 0. The Bertz CT molecular complexity index is 378. The number of nitrogens with one attached hydrogen (secondary N) is 2. The van der Waals surface area contributed by atoms with Crippen LogP contribution in [0.4, 0.5) is 0 Å². The highest BCUT2D eigenvalue weighted by Gasteiger charge is 2.28. The number of hydrogen-bond donors (Lipinski definition) is 2. The highest BCUT2D eigenvalue weighted by Crippen LogP contribution is 2.17. The van der Waals surface area contributed by atoms with Crippen molar-refractivity contribution in [3.63, 3.8) is 0 Å². The fourth-order valence-corrected chi connectivity index (χ4v) is 2.10. The Kier molecular flexibility index (Phi) is 3.01. The molecule has 0 saturated carbocycles. The zero-order chi connectivity index (χ0) is 11.6. The van der Waals surface area contributed by atoms with Gasteiger partial charge in [0.05, 0.1) is 11.8 Å². The molecule has 0 bridgehead atoms. The molecule has 1 aliphatic rings. The zero-order valence-corrected chi connectivity index (χ0v) is 9.80. The van der Waals surface area contributed by atoms with Gasteiger partial charge in [-0.3, -0.25) is 4.79 Å². The predicted octanol–water partition coefficient (Wildman–Crippen LogP) is 1.46. The minimum Gasteiger partial charge on any atom is -0.469 e. The van der Waals surface area contributed by atoms with Crippen LogP contribution in [0, 0.1) is 6.92 Å². The minimum atomic E-state index is -0.0545. The quantitative estimate of drug-likeness (QED) is 0.814. The van der Waals surface area contributed by atoms with Crippen LogP contribution in [-0.4, -0.2) is 24.5 Å². The first-order valence-electron chi connectivity index (χ1n) is 5.68. The molecule has 1 aromatic heterocycles. The average Bonchev–Trinajstić information content (AvgIpc) is 2.85. The number of rotatable bonds is 3. The van der Waals surface area contributed by atoms with E-state index >= 15 is 0 Å². The van der Waals surface area contributed by atoms with Crippen LogP contribution < -0.4 is 10.6 Å². The summed E-state index contributed by atoms with van der Waals surface area (Å²) in [6, 6.07) is 1.70. The van der Waals surface area contributed by atoms with Gasteiger partial charge >= 0.3 is 0 Å². The van der Waals surface area contributed by atoms with Crippen molar-refractivity contribution in [3.8, 4) is 0 Å². The number of amides is 1. The first kappa shape index (κ1) is 11.2. The molecule has 2 rings (SSSR count). The van der Waals surface area contributed by atoms with E-state index in [0.29, 0.717) is 17.9 Å². The number of aryl methyl sites for hydroxylation is 1. The molecule has 2 N–H and O–H groups in total. The smallest absolute Gasteiger partial charge is 0.254 e. The van der Waals surface area contributed by atoms with E-state index in [2.05, 4.69) is 17.6 Å². The van der Waals surface area contributed by atoms with E-state index in [1.54, 1.807) is 19.3 Å². The molecule has 0 spiro atoms. The van der Waals surface area contributed by atoms with Crippen LogP contribution in [0.2, 0.25) is 0 Å². The topological polar surface area (TPSA) is 54.3 Å². The Labute approximate surface area is 95.4 Å². The van der Waals surface area contributed by atoms with Crippen LogP contribution in [-0.2, 0) is 0 Å². The molecule has 1 fully saturated rings. The van der Waals surface area contributed by atoms with Crippen LogP contribution in [0.25, 0.3) is 0 Å². The van der Waals surface area contributed by atoms with Gasteiger partial charge in [-0.1, -0.05) is 0 Å². The molecule has 1 atom stereocenters. The van der Waals surface area contributed by atoms with E-state index in [0.717, 1.165) is 13.0 Å². The highest BCUT2D eigenvalue weighted by molar-refractivity contribution is 5.95. The van der Waals surface area contributed by atoms with Crippen LogP contribution in [0.15, 0.2) is 16.7 Å². The van der Waals surface area contributed by atoms with Crippen molar-refractivity contribution in [1.82, 2.24) is 10.6 Å². The maximum absolute atomic E-state index is 11.8. The lowest BCUT2D eigenvalue weighted by atomic mass is 10.0. The summed E-state index contributed by atoms with van der Waals surface area (Å²) in [5, 5.41) is 6.36. The van der Waals surface area contributed by atoms with Crippen LogP contribution in [0.5, 0.6) is 0 Å². The van der Waals surface area contributed by atoms with Gasteiger partial charge in [0.15, 0.2) is 0 Å². The summed E-state index contributed by atoms with van der Waals surface area (Å²) >= 11 is 0. The van der Waals surface area contributed by atoms with Crippen molar-refractivity contribution in [2.45, 2.75) is 32.2 Å². The predicted molar refractivity (Wildman–Crippen MR) is 61.4 cm³/mol. The summed E-state index contributed by atoms with van der Waals surface area (Å²) < 4.78 is 5.11. The third-order valence-electron chi connectivity index (χ3n) is 3.20. The molecule has 88 valence electrons. The first-order chi connectivity index (χ1) is 7.61. The molecule has 2 heterocycles. The third kappa shape index (κ3) is 2.27. The monoisotopic (exact) mass is 222 g/mol. The van der Waals surface area contributed by atoms with Crippen molar-refractivity contribution < 1.29 is 9.21 Å². The zero-order valence-electron chi connectivity index (χ0n) is 9.80. The summed E-state index contributed by atoms with van der Waals surface area (Å²) in [5.74, 6) is 0.614. The molecule has 1 unspecified atom stereocenters. The Morgan fingerprint density at radius 2 is 2.50 bits per heavy atom. The van der Waals surface area contributed by atoms with Crippen LogP contribution in [0.3, 0.4) is 0 Å². The second-order valence-electron chi connectivity index (χ2n) is 4.66. The highest BCUT2D eigenvalue weighted by atomic mass is 16.3. The van der Waals surface area contributed by atoms with Crippen LogP contribution in [0.1, 0.15) is 35.9 Å². The van der Waals surface area contributed by atoms with Gasteiger partial charge in [0.1, 0.15) is 5.76 Å². The van der Waals surface area contributed by atoms with Gasteiger partial charge in [0.25, 0.3) is 5.91 Å². The molecule has 0 aromatic carbocycles. The normalized spacial score (nSPS) is 24.6. The Hall–Kier alpha value is -1.29. The molecule has 0 radical (unpaired) electrons. The maximum atomic E-state index is 11.8. The van der Waals surface area contributed by atoms with E-state index in [-0.39, 0.29) is 11.4 Å². The summed E-state index contributed by atoms with van der Waals surface area (Å²) in [6.45, 7) is 5.64. The van der Waals surface area contributed by atoms with Gasteiger partial charge in [0.2, 0.25) is 0 Å². The fourth-order valence-electron chi connectivity index (χ4n) is 2.10. The van der Waals surface area contributed by atoms with Gasteiger partial charge in [-0.15, -0.1) is 0 Å². The van der Waals surface area contributed by atoms with E-state index in [9.17, 15) is 4.79 Å². The van der Waals surface area contributed by atoms with E-state index < -0.39 is 0 Å². The molecular formula is C12H18N2O2. The van der Waals surface area contributed by atoms with Crippen molar-refractivity contribution >= 4 is 5.91 Å². The minimum absolute atomic E-state index is 0.0489. The molecule has 1 aromatic rings. The molecule has 0 aliphatic carbocycles. The van der Waals surface area contributed by atoms with Gasteiger partial charge in [-0.25, -0.2) is 0 Å². The summed E-state index contributed by atoms with van der Waals surface area (Å²) in [5.41, 5.74) is 0.675. The van der Waals surface area contributed by atoms with Crippen molar-refractivity contribution in [2.24, 2.45) is 0 Å². The maximum Gasteiger partial charge on any atom is 0.254 e. The Morgan fingerprint density at radius 3 is 3.06 bits per heavy atom. The molecule has 1 saturated heterocycles. The average molecular weight is 222 g/mol. The van der Waals surface area contributed by atoms with Gasteiger partial charge in [0, 0.05) is 12.1 Å². The molecule has 1 amide bonds. The first-order valence-corrected chi connectivity index (χ1v) is 5.68. The number of carbonyl (C=O) groups excluding carboxylic acids is 1. The number of furan rings is 1. The van der Waals surface area contributed by atoms with Crippen molar-refractivity contribution in [3.05, 3.63) is 23.7 Å². The Balaban J connectivity index is 1.91. The van der Waals surface area contributed by atoms with Crippen molar-refractivity contribution in [2.75, 3.05) is 13.1 Å². The molecule has 16 heavy (non-hydrogen) atoms. The standard InChI is InChI=1S/C12H18N2O2/c1-9-10(4-7-16-9)11(15)13-8-12(2)5-3-6-14-12/h4,7,14H,3,5-6,8H2,1-2H3,(H,13,15). The van der Waals surface area contributed by atoms with Gasteiger partial charge in [-0.2, -0.15) is 0 Å². The van der Waals surface area contributed by atoms with Crippen molar-refractivity contribution in [1.29, 1.82) is 0 Å². The van der Waals surface area contributed by atoms with Gasteiger partial charge < -0.3 is 15.1 Å². The lowest BCUT2D eigenvalue weighted by Gasteiger charge is -2.24. The summed E-state index contributed by atoms with van der Waals surface area (Å²) in [6.07, 6.45) is 3.83. The largest absolute Gasteiger partial charge is 0.469 e. The number of carbonyl (C=O) groups is 1. The van der Waals surface area contributed by atoms with Crippen LogP contribution >= 0.6 is 0 Å². The lowest BCUT2D eigenvalue weighted by Crippen LogP contribution is -2.47. The molecule has 4 nitrogen and oxygen atoms in total. The molecule has 1 aliphatic heterocycles. The SMILES string of the molecule is Cc1occc1C(=O)NCC1(C)CCCN1. The lowest BCUT2D eigenvalue weighted by molar-refractivity contribution is 0.0941. The molecule has 4 heteroatoms. The molecular weight excluding hydrogens is 204 g/mol. The Morgan fingerprint density at radius 1 is 1.69 bits per heavy atom. The second kappa shape index (κ2) is 4.29. The van der Waals surface area contributed by atoms with Gasteiger partial charge in [-0.05, 0) is 39.3 Å².